The van der Waals surface area contributed by atoms with Gasteiger partial charge in [-0.05, 0) is 33.7 Å². The summed E-state index contributed by atoms with van der Waals surface area (Å²) in [5.74, 6) is 1.90. The fraction of sp³-hybridized carbons (Fsp3) is 0.750. The second-order valence-electron chi connectivity index (χ2n) is 5.95. The summed E-state index contributed by atoms with van der Waals surface area (Å²) in [7, 11) is 2.15. The van der Waals surface area contributed by atoms with Gasteiger partial charge in [0.25, 0.3) is 0 Å². The van der Waals surface area contributed by atoms with Crippen LogP contribution < -0.4 is 4.90 Å². The molecule has 2 rings (SSSR count). The molecule has 1 saturated heterocycles. The minimum atomic E-state index is 0.0971. The number of nitrogens with zero attached hydrogens (tertiary/aromatic N) is 4. The average molecular weight is 308 g/mol. The Morgan fingerprint density at radius 1 is 1.27 bits per heavy atom. The lowest BCUT2D eigenvalue weighted by atomic mass is 10.0. The van der Waals surface area contributed by atoms with Gasteiger partial charge >= 0.3 is 0 Å². The molecule has 0 atom stereocenters. The molecule has 1 aromatic rings. The molecule has 1 N–H and O–H groups in total. The molecule has 1 aliphatic rings. The van der Waals surface area contributed by atoms with Crippen molar-refractivity contribution in [3.05, 3.63) is 17.6 Å². The smallest absolute Gasteiger partial charge is 0.132 e. The second-order valence-corrected chi connectivity index (χ2v) is 5.95. The molecule has 0 amide bonds. The van der Waals surface area contributed by atoms with Crippen LogP contribution in [0.4, 0.5) is 5.82 Å². The van der Waals surface area contributed by atoms with Crippen molar-refractivity contribution in [2.24, 2.45) is 0 Å². The van der Waals surface area contributed by atoms with Crippen LogP contribution in [0.15, 0.2) is 6.07 Å². The van der Waals surface area contributed by atoms with Crippen LogP contribution in [0.25, 0.3) is 0 Å². The van der Waals surface area contributed by atoms with Gasteiger partial charge in [-0.15, -0.1) is 0 Å². The van der Waals surface area contributed by atoms with Crippen LogP contribution in [0.1, 0.15) is 24.4 Å². The number of piperidine rings is 1. The van der Waals surface area contributed by atoms with Crippen LogP contribution in [-0.4, -0.2) is 72.5 Å². The van der Waals surface area contributed by atoms with Gasteiger partial charge in [0.1, 0.15) is 11.6 Å². The fourth-order valence-electron chi connectivity index (χ4n) is 2.95. The summed E-state index contributed by atoms with van der Waals surface area (Å²) in [6, 6.07) is 2.66. The molecular formula is C16H28N4O2. The van der Waals surface area contributed by atoms with Crippen LogP contribution in [-0.2, 0) is 4.74 Å². The number of hydrogen-bond donors (Lipinski definition) is 1. The summed E-state index contributed by atoms with van der Waals surface area (Å²) in [6.45, 7) is 8.15. The van der Waals surface area contributed by atoms with E-state index in [1.807, 2.05) is 13.8 Å². The summed E-state index contributed by atoms with van der Waals surface area (Å²) in [5.41, 5.74) is 1.03. The third-order valence-electron chi connectivity index (χ3n) is 4.19. The Hall–Kier alpha value is -1.24. The molecule has 0 unspecified atom stereocenters. The molecule has 1 aromatic heterocycles. The zero-order chi connectivity index (χ0) is 15.9. The first kappa shape index (κ1) is 17.1. The standard InChI is InChI=1S/C16H28N4O2/c1-13-12-16(18-14(2)17-13)20-6-4-15(5-7-20)19(3)8-10-22-11-9-21/h12,15,21H,4-11H2,1-3H3. The lowest BCUT2D eigenvalue weighted by Crippen LogP contribution is -2.44. The van der Waals surface area contributed by atoms with E-state index in [2.05, 4.69) is 32.9 Å². The molecule has 0 aromatic carbocycles. The minimum absolute atomic E-state index is 0.0971. The van der Waals surface area contributed by atoms with Crippen molar-refractivity contribution in [1.82, 2.24) is 14.9 Å². The summed E-state index contributed by atoms with van der Waals surface area (Å²) in [4.78, 5) is 13.6. The van der Waals surface area contributed by atoms with Crippen LogP contribution in [0.5, 0.6) is 0 Å². The zero-order valence-electron chi connectivity index (χ0n) is 14.0. The fourth-order valence-corrected chi connectivity index (χ4v) is 2.95. The summed E-state index contributed by atoms with van der Waals surface area (Å²) in [5, 5.41) is 8.70. The summed E-state index contributed by atoms with van der Waals surface area (Å²) < 4.78 is 5.34. The number of aromatic nitrogens is 2. The first-order valence-corrected chi connectivity index (χ1v) is 8.06. The monoisotopic (exact) mass is 308 g/mol. The van der Waals surface area contributed by atoms with E-state index in [1.165, 1.54) is 0 Å². The number of likely N-dealkylation sites (N-methyl/N-ethyl adjacent to an activating group) is 1. The van der Waals surface area contributed by atoms with Crippen molar-refractivity contribution in [2.75, 3.05) is 51.4 Å². The average Bonchev–Trinajstić information content (AvgIpc) is 2.50. The van der Waals surface area contributed by atoms with Crippen LogP contribution in [0.2, 0.25) is 0 Å². The highest BCUT2D eigenvalue weighted by atomic mass is 16.5. The van der Waals surface area contributed by atoms with E-state index in [0.717, 1.165) is 49.8 Å². The Bertz CT molecular complexity index is 441. The number of ether oxygens (including phenoxy) is 1. The van der Waals surface area contributed by atoms with Gasteiger partial charge in [-0.3, -0.25) is 0 Å². The number of aryl methyl sites for hydroxylation is 2. The lowest BCUT2D eigenvalue weighted by molar-refractivity contribution is 0.0674. The van der Waals surface area contributed by atoms with Crippen molar-refractivity contribution >= 4 is 5.82 Å². The molecule has 2 heterocycles. The normalized spacial score (nSPS) is 16.5. The van der Waals surface area contributed by atoms with Crippen LogP contribution in [0.3, 0.4) is 0 Å². The number of aliphatic hydroxyl groups excluding tert-OH is 1. The second kappa shape index (κ2) is 8.41. The molecule has 0 aliphatic carbocycles. The van der Waals surface area contributed by atoms with Gasteiger partial charge in [-0.25, -0.2) is 9.97 Å². The quantitative estimate of drug-likeness (QED) is 0.758. The van der Waals surface area contributed by atoms with Crippen molar-refractivity contribution in [3.8, 4) is 0 Å². The van der Waals surface area contributed by atoms with E-state index < -0.39 is 0 Å². The van der Waals surface area contributed by atoms with E-state index in [4.69, 9.17) is 9.84 Å². The van der Waals surface area contributed by atoms with Crippen molar-refractivity contribution in [2.45, 2.75) is 32.7 Å². The van der Waals surface area contributed by atoms with Crippen molar-refractivity contribution in [3.63, 3.8) is 0 Å². The molecule has 0 bridgehead atoms. The number of hydrogen-bond acceptors (Lipinski definition) is 6. The Morgan fingerprint density at radius 3 is 2.64 bits per heavy atom. The summed E-state index contributed by atoms with van der Waals surface area (Å²) >= 11 is 0. The molecule has 0 radical (unpaired) electrons. The Kier molecular flexibility index (Phi) is 6.54. The van der Waals surface area contributed by atoms with Crippen molar-refractivity contribution < 1.29 is 9.84 Å². The van der Waals surface area contributed by atoms with Gasteiger partial charge in [-0.2, -0.15) is 0 Å². The Morgan fingerprint density at radius 2 is 2.00 bits per heavy atom. The first-order chi connectivity index (χ1) is 10.6. The highest BCUT2D eigenvalue weighted by Gasteiger charge is 2.23. The molecular weight excluding hydrogens is 280 g/mol. The largest absolute Gasteiger partial charge is 0.394 e. The maximum atomic E-state index is 8.70. The first-order valence-electron chi connectivity index (χ1n) is 8.06. The predicted octanol–water partition coefficient (Wildman–Crippen LogP) is 1.00. The number of anilines is 1. The predicted molar refractivity (Wildman–Crippen MR) is 87.3 cm³/mol. The Balaban J connectivity index is 1.79. The Labute approximate surface area is 133 Å². The molecule has 1 fully saturated rings. The topological polar surface area (TPSA) is 61.7 Å². The van der Waals surface area contributed by atoms with Gasteiger partial charge in [0, 0.05) is 37.4 Å². The maximum absolute atomic E-state index is 8.70. The van der Waals surface area contributed by atoms with E-state index in [1.54, 1.807) is 0 Å². The lowest BCUT2D eigenvalue weighted by Gasteiger charge is -2.37. The summed E-state index contributed by atoms with van der Waals surface area (Å²) in [6.07, 6.45) is 2.27. The van der Waals surface area contributed by atoms with Gasteiger partial charge in [0.15, 0.2) is 0 Å². The highest BCUT2D eigenvalue weighted by molar-refractivity contribution is 5.40. The van der Waals surface area contributed by atoms with Crippen LogP contribution >= 0.6 is 0 Å². The molecule has 124 valence electrons. The molecule has 1 aliphatic heterocycles. The number of rotatable bonds is 7. The van der Waals surface area contributed by atoms with E-state index in [0.29, 0.717) is 19.3 Å². The van der Waals surface area contributed by atoms with E-state index >= 15 is 0 Å². The molecule has 0 spiro atoms. The van der Waals surface area contributed by atoms with Gasteiger partial charge in [-0.1, -0.05) is 0 Å². The third kappa shape index (κ3) is 4.90. The molecule has 6 nitrogen and oxygen atoms in total. The molecule has 22 heavy (non-hydrogen) atoms. The van der Waals surface area contributed by atoms with Gasteiger partial charge < -0.3 is 19.6 Å². The minimum Gasteiger partial charge on any atom is -0.394 e. The maximum Gasteiger partial charge on any atom is 0.132 e. The van der Waals surface area contributed by atoms with Gasteiger partial charge in [0.2, 0.25) is 0 Å². The molecule has 0 saturated carbocycles. The van der Waals surface area contributed by atoms with Crippen molar-refractivity contribution in [1.29, 1.82) is 0 Å². The van der Waals surface area contributed by atoms with Crippen LogP contribution in [0, 0.1) is 13.8 Å². The third-order valence-corrected chi connectivity index (χ3v) is 4.19. The van der Waals surface area contributed by atoms with Gasteiger partial charge in [0.05, 0.1) is 19.8 Å². The van der Waals surface area contributed by atoms with E-state index in [-0.39, 0.29) is 6.61 Å². The SMILES string of the molecule is Cc1cc(N2CCC(N(C)CCOCCO)CC2)nc(C)n1. The van der Waals surface area contributed by atoms with E-state index in [9.17, 15) is 0 Å². The number of aliphatic hydroxyl groups is 1. The zero-order valence-corrected chi connectivity index (χ0v) is 14.0. The highest BCUT2D eigenvalue weighted by Crippen LogP contribution is 2.21. The molecule has 6 heteroatoms.